The number of pyridine rings is 1. The van der Waals surface area contributed by atoms with Crippen molar-refractivity contribution in [2.24, 2.45) is 4.99 Å². The fraction of sp³-hybridized carbons (Fsp3) is 0.545. The molecule has 1 aliphatic heterocycles. The Morgan fingerprint density at radius 2 is 1.97 bits per heavy atom. The summed E-state index contributed by atoms with van der Waals surface area (Å²) in [5, 5.41) is 6.74. The molecule has 0 aliphatic carbocycles. The monoisotopic (exact) mass is 511 g/mol. The fourth-order valence-corrected chi connectivity index (χ4v) is 3.48. The van der Waals surface area contributed by atoms with E-state index >= 15 is 0 Å². The van der Waals surface area contributed by atoms with Crippen LogP contribution < -0.4 is 15.5 Å². The summed E-state index contributed by atoms with van der Waals surface area (Å²) in [6.45, 7) is 9.74. The molecule has 1 aliphatic rings. The average molecular weight is 511 g/mol. The summed E-state index contributed by atoms with van der Waals surface area (Å²) in [5.41, 5.74) is 1.17. The van der Waals surface area contributed by atoms with Gasteiger partial charge in [0, 0.05) is 25.8 Å². The molecule has 2 aromatic rings. The minimum atomic E-state index is 0. The SMILES string of the molecule is CCNC(=NCc1ccnc(N2CCCCCC2)c1)NC(C)c1ccc(C)o1.I. The van der Waals surface area contributed by atoms with Gasteiger partial charge in [-0.2, -0.15) is 0 Å². The van der Waals surface area contributed by atoms with Gasteiger partial charge in [0.15, 0.2) is 5.96 Å². The van der Waals surface area contributed by atoms with E-state index in [4.69, 9.17) is 9.41 Å². The van der Waals surface area contributed by atoms with Gasteiger partial charge in [-0.25, -0.2) is 9.98 Å². The maximum atomic E-state index is 5.72. The van der Waals surface area contributed by atoms with Gasteiger partial charge in [-0.3, -0.25) is 0 Å². The van der Waals surface area contributed by atoms with E-state index in [1.54, 1.807) is 0 Å². The van der Waals surface area contributed by atoms with E-state index in [9.17, 15) is 0 Å². The number of furan rings is 1. The Labute approximate surface area is 191 Å². The molecule has 0 aromatic carbocycles. The van der Waals surface area contributed by atoms with Crippen LogP contribution in [0.2, 0.25) is 0 Å². The Morgan fingerprint density at radius 1 is 1.21 bits per heavy atom. The molecule has 1 saturated heterocycles. The van der Waals surface area contributed by atoms with Crippen LogP contribution in [0.5, 0.6) is 0 Å². The minimum absolute atomic E-state index is 0. The van der Waals surface area contributed by atoms with Crippen LogP contribution in [0.25, 0.3) is 0 Å². The quantitative estimate of drug-likeness (QED) is 0.332. The van der Waals surface area contributed by atoms with Gasteiger partial charge in [0.1, 0.15) is 17.3 Å². The number of hydrogen-bond donors (Lipinski definition) is 2. The van der Waals surface area contributed by atoms with E-state index in [1.807, 2.05) is 31.3 Å². The van der Waals surface area contributed by atoms with E-state index in [0.29, 0.717) is 6.54 Å². The van der Waals surface area contributed by atoms with Crippen molar-refractivity contribution in [1.82, 2.24) is 15.6 Å². The summed E-state index contributed by atoms with van der Waals surface area (Å²) < 4.78 is 5.72. The zero-order chi connectivity index (χ0) is 19.8. The van der Waals surface area contributed by atoms with Crippen LogP contribution in [0, 0.1) is 6.92 Å². The molecular weight excluding hydrogens is 477 g/mol. The standard InChI is InChI=1S/C22H33N5O.HI/c1-4-23-22(26-18(3)20-10-9-17(2)28-20)25-16-19-11-12-24-21(15-19)27-13-7-5-6-8-14-27;/h9-12,15,18H,4-8,13-14,16H2,1-3H3,(H2,23,25,26);1H. The summed E-state index contributed by atoms with van der Waals surface area (Å²) in [6, 6.07) is 8.27. The number of hydrogen-bond acceptors (Lipinski definition) is 4. The van der Waals surface area contributed by atoms with E-state index in [0.717, 1.165) is 42.9 Å². The smallest absolute Gasteiger partial charge is 0.192 e. The normalized spacial score (nSPS) is 16.0. The average Bonchev–Trinajstić information content (AvgIpc) is 2.96. The Bertz CT molecular complexity index is 768. The van der Waals surface area contributed by atoms with Crippen molar-refractivity contribution in [3.05, 3.63) is 47.5 Å². The van der Waals surface area contributed by atoms with Gasteiger partial charge in [0.05, 0.1) is 12.6 Å². The highest BCUT2D eigenvalue weighted by Gasteiger charge is 2.13. The molecule has 160 valence electrons. The van der Waals surface area contributed by atoms with Crippen molar-refractivity contribution in [2.75, 3.05) is 24.5 Å². The lowest BCUT2D eigenvalue weighted by atomic mass is 10.2. The lowest BCUT2D eigenvalue weighted by Gasteiger charge is -2.21. The molecule has 0 saturated carbocycles. The molecule has 2 aromatic heterocycles. The van der Waals surface area contributed by atoms with Gasteiger partial charge in [0.25, 0.3) is 0 Å². The molecule has 1 fully saturated rings. The molecular formula is C22H34IN5O. The molecule has 1 atom stereocenters. The summed E-state index contributed by atoms with van der Waals surface area (Å²) in [4.78, 5) is 11.8. The Kier molecular flexibility index (Phi) is 9.76. The maximum Gasteiger partial charge on any atom is 0.192 e. The van der Waals surface area contributed by atoms with Crippen molar-refractivity contribution in [3.63, 3.8) is 0 Å². The zero-order valence-corrected chi connectivity index (χ0v) is 20.1. The van der Waals surface area contributed by atoms with Gasteiger partial charge in [-0.05, 0) is 63.4 Å². The van der Waals surface area contributed by atoms with Gasteiger partial charge >= 0.3 is 0 Å². The molecule has 3 heterocycles. The number of guanidine groups is 1. The number of aromatic nitrogens is 1. The first-order chi connectivity index (χ1) is 13.7. The highest BCUT2D eigenvalue weighted by Crippen LogP contribution is 2.19. The highest BCUT2D eigenvalue weighted by molar-refractivity contribution is 14.0. The molecule has 3 rings (SSSR count). The van der Waals surface area contributed by atoms with Crippen molar-refractivity contribution >= 4 is 35.8 Å². The van der Waals surface area contributed by atoms with E-state index in [2.05, 4.69) is 40.4 Å². The van der Waals surface area contributed by atoms with Crippen molar-refractivity contribution in [3.8, 4) is 0 Å². The molecule has 0 amide bonds. The Morgan fingerprint density at radius 3 is 2.62 bits per heavy atom. The predicted molar refractivity (Wildman–Crippen MR) is 130 cm³/mol. The number of anilines is 1. The fourth-order valence-electron chi connectivity index (χ4n) is 3.48. The largest absolute Gasteiger partial charge is 0.464 e. The van der Waals surface area contributed by atoms with Crippen LogP contribution in [0.4, 0.5) is 5.82 Å². The minimum Gasteiger partial charge on any atom is -0.464 e. The van der Waals surface area contributed by atoms with Crippen LogP contribution >= 0.6 is 24.0 Å². The summed E-state index contributed by atoms with van der Waals surface area (Å²) in [6.07, 6.45) is 7.06. The summed E-state index contributed by atoms with van der Waals surface area (Å²) in [7, 11) is 0. The van der Waals surface area contributed by atoms with Gasteiger partial charge in [0.2, 0.25) is 0 Å². The van der Waals surface area contributed by atoms with Crippen molar-refractivity contribution in [1.29, 1.82) is 0 Å². The summed E-state index contributed by atoms with van der Waals surface area (Å²) >= 11 is 0. The number of rotatable bonds is 6. The summed E-state index contributed by atoms with van der Waals surface area (Å²) in [5.74, 6) is 3.70. The first kappa shape index (κ1) is 23.5. The van der Waals surface area contributed by atoms with E-state index < -0.39 is 0 Å². The van der Waals surface area contributed by atoms with Gasteiger partial charge < -0.3 is 20.0 Å². The Balaban J connectivity index is 0.00000300. The molecule has 6 nitrogen and oxygen atoms in total. The van der Waals surface area contributed by atoms with Crippen LogP contribution in [-0.2, 0) is 6.54 Å². The number of aryl methyl sites for hydroxylation is 1. The Hall–Kier alpha value is -1.77. The van der Waals surface area contributed by atoms with Gasteiger partial charge in [-0.1, -0.05) is 12.8 Å². The van der Waals surface area contributed by atoms with Gasteiger partial charge in [-0.15, -0.1) is 24.0 Å². The second-order valence-electron chi connectivity index (χ2n) is 7.43. The van der Waals surface area contributed by atoms with Crippen LogP contribution in [0.1, 0.15) is 62.7 Å². The molecule has 1 unspecified atom stereocenters. The third-order valence-corrected chi connectivity index (χ3v) is 5.05. The third-order valence-electron chi connectivity index (χ3n) is 5.05. The maximum absolute atomic E-state index is 5.72. The number of nitrogens with zero attached hydrogens (tertiary/aromatic N) is 3. The number of halogens is 1. The molecule has 0 bridgehead atoms. The van der Waals surface area contributed by atoms with Crippen molar-refractivity contribution < 1.29 is 4.42 Å². The molecule has 7 heteroatoms. The second-order valence-corrected chi connectivity index (χ2v) is 7.43. The van der Waals surface area contributed by atoms with Crippen LogP contribution in [-0.4, -0.2) is 30.6 Å². The van der Waals surface area contributed by atoms with Crippen molar-refractivity contribution in [2.45, 2.75) is 59.0 Å². The first-order valence-electron chi connectivity index (χ1n) is 10.5. The van der Waals surface area contributed by atoms with E-state index in [-0.39, 0.29) is 30.0 Å². The number of aliphatic imine (C=N–C) groups is 1. The van der Waals surface area contributed by atoms with E-state index in [1.165, 1.54) is 31.2 Å². The molecule has 2 N–H and O–H groups in total. The highest BCUT2D eigenvalue weighted by atomic mass is 127. The third kappa shape index (κ3) is 7.21. The molecule has 0 spiro atoms. The zero-order valence-electron chi connectivity index (χ0n) is 17.8. The lowest BCUT2D eigenvalue weighted by Crippen LogP contribution is -2.38. The number of nitrogens with one attached hydrogen (secondary N) is 2. The topological polar surface area (TPSA) is 65.7 Å². The van der Waals surface area contributed by atoms with Crippen LogP contribution in [0.15, 0.2) is 39.9 Å². The molecule has 29 heavy (non-hydrogen) atoms. The lowest BCUT2D eigenvalue weighted by molar-refractivity contribution is 0.441. The second kappa shape index (κ2) is 12.0. The van der Waals surface area contributed by atoms with Crippen LogP contribution in [0.3, 0.4) is 0 Å². The predicted octanol–water partition coefficient (Wildman–Crippen LogP) is 4.80. The first-order valence-corrected chi connectivity index (χ1v) is 10.5. The molecule has 0 radical (unpaired) electrons.